The zero-order valence-corrected chi connectivity index (χ0v) is 87.3. The maximum absolute atomic E-state index is 14.7. The van der Waals surface area contributed by atoms with Crippen molar-refractivity contribution in [1.82, 2.24) is 109 Å². The Morgan fingerprint density at radius 3 is 1.16 bits per heavy atom. The van der Waals surface area contributed by atoms with E-state index in [1.807, 2.05) is 0 Å². The Labute approximate surface area is 878 Å². The van der Waals surface area contributed by atoms with Gasteiger partial charge in [0.05, 0.1) is 43.3 Å². The molecule has 19 amide bonds. The number of amides is 19. The first-order valence-electron chi connectivity index (χ1n) is 50.5. The number of aliphatic hydroxyl groups is 3. The van der Waals surface area contributed by atoms with Gasteiger partial charge in [-0.3, -0.25) is 101 Å². The number of carboxylic acids is 3. The number of carbonyl (C=O) groups is 22. The topological polar surface area (TPSA) is 840 Å². The highest BCUT2D eigenvalue weighted by Crippen LogP contribution is 2.29. The SMILES string of the molecule is CC(C)[C@H](NC(=O)[C@H](CCCCN)NC(=O)[C@@H](N)CCCCN)C(=O)N[C@@H](CCC(=O)O)C(=O)N1CCC[C@H]1C(=O)N[C@@H](CCCCN)C(=O)N[C@@H](CO)C(=O)N[C@@H](CS)C(=O)N[C@@H](CC(=O)O)C(=O)N[C@@H](CCCCN)C(=O)N[C@H](C(=O)N[C@@H](Cc1c[nH]cn1)C(=O)N[C@H](C(=O)N[C@@H](CS)C(=O)N1CCC[C@H]1C(=O)N1CCC[C@H]1C(=O)N[C@@H](CS)C(=O)N1CCC[C@H]1C(=O)N[C@@H](C)C(=O)N1CCC[C@H]1C(=O)O)[C@@H](C)O)[C@@H](C)O. The zero-order chi connectivity index (χ0) is 111. The van der Waals surface area contributed by atoms with Crippen molar-refractivity contribution in [1.29, 1.82) is 0 Å². The number of thiol groups is 3. The van der Waals surface area contributed by atoms with E-state index in [-0.39, 0.29) is 154 Å². The number of imidazole rings is 1. The van der Waals surface area contributed by atoms with Gasteiger partial charge in [-0.1, -0.05) is 20.3 Å². The third-order valence-corrected chi connectivity index (χ3v) is 27.5. The smallest absolute Gasteiger partial charge is 0.326 e. The number of hydrogen-bond acceptors (Lipinski definition) is 34. The lowest BCUT2D eigenvalue weighted by Crippen LogP contribution is -2.63. The Bertz CT molecular complexity index is 4740. The van der Waals surface area contributed by atoms with Gasteiger partial charge in [0, 0.05) is 69.0 Å². The zero-order valence-electron chi connectivity index (χ0n) is 84.6. The van der Waals surface area contributed by atoms with E-state index in [9.17, 15) is 136 Å². The first-order valence-corrected chi connectivity index (χ1v) is 52.4. The van der Waals surface area contributed by atoms with Gasteiger partial charge in [0.15, 0.2) is 0 Å². The van der Waals surface area contributed by atoms with Crippen molar-refractivity contribution in [2.24, 2.45) is 34.6 Å². The molecular formula is C92H152N26O28S3. The molecule has 57 heteroatoms. The minimum atomic E-state index is -2.10. The van der Waals surface area contributed by atoms with E-state index in [1.54, 1.807) is 13.8 Å². The fourth-order valence-corrected chi connectivity index (χ4v) is 18.9. The van der Waals surface area contributed by atoms with E-state index >= 15 is 0 Å². The van der Waals surface area contributed by atoms with Gasteiger partial charge < -0.3 is 163 Å². The number of nitrogens with zero attached hydrogens (tertiary/aromatic N) is 6. The number of likely N-dealkylation sites (tertiary alicyclic amines) is 5. The molecule has 6 heterocycles. The summed E-state index contributed by atoms with van der Waals surface area (Å²) in [6, 6.07) is -29.9. The van der Waals surface area contributed by atoms with Crippen LogP contribution in [-0.4, -0.2) is 411 Å². The number of H-pyrrole nitrogens is 1. The fraction of sp³-hybridized carbons (Fsp3) is 0.728. The second kappa shape index (κ2) is 63.4. The number of unbranched alkanes of at least 4 members (excludes halogenated alkanes) is 4. The molecule has 0 spiro atoms. The summed E-state index contributed by atoms with van der Waals surface area (Å²) < 4.78 is 0. The Hall–Kier alpha value is -11.7. The van der Waals surface area contributed by atoms with Crippen LogP contribution in [0.4, 0.5) is 0 Å². The van der Waals surface area contributed by atoms with E-state index < -0.39 is 313 Å². The van der Waals surface area contributed by atoms with Gasteiger partial charge in [0.1, 0.15) is 115 Å². The molecule has 22 atom stereocenters. The van der Waals surface area contributed by atoms with Gasteiger partial charge >= 0.3 is 17.9 Å². The minimum Gasteiger partial charge on any atom is -0.481 e. The summed E-state index contributed by atoms with van der Waals surface area (Å²) in [6.07, 6.45) is 1.01. The molecular weight excluding hydrogens is 2010 g/mol. The largest absolute Gasteiger partial charge is 0.481 e. The standard InChI is InChI=1S/C92H152N26O28S3/c1-47(2)70(111-75(128)54(21-8-12-32-95)101-73(126)52(97)19-6-10-30-93)84(137)104-56(28-29-68(122)123)88(141)114-34-15-24-64(114)82(135)103-53(20-7-11-31-94)74(127)107-59(42-119)79(132)108-60(43-147)80(133)105-58(40-69(124)125)77(130)102-55(22-9-13-33-96)76(129)112-71(49(4)120)85(138)106-57(39-51-41-98-46-99-51)78(131)113-72(50(5)121)86(139)110-62(45-149)90(143)117-37-17-26-66(117)91(144)116-36-16-25-65(116)83(136)109-61(44-148)89(142)115-35-14-23-63(115)81(134)100-48(3)87(140)118-38-18-27-67(118)92(145)146/h41,46-50,52-67,70-72,119-121,147-149H,6-40,42-45,93-97H2,1-5H3,(H,98,99)(H,100,134)(H,101,126)(H,102,130)(H,103,135)(H,104,137)(H,105,133)(H,106,138)(H,107,127)(H,108,132)(H,109,136)(H,110,139)(H,111,128)(H,112,129)(H,113,131)(H,122,123)(H,124,125)(H,145,146)/t48-,49+,50+,52-,53-,54-,55-,56-,57-,58-,59-,60-,61-,62-,63-,64-,65-,66-,67-,70-,71-,72-/m0/s1. The molecule has 5 aliphatic rings. The van der Waals surface area contributed by atoms with E-state index in [4.69, 9.17) is 28.7 Å². The number of aromatic amines is 1. The third kappa shape index (κ3) is 38.0. The molecule has 1 aromatic rings. The van der Waals surface area contributed by atoms with Gasteiger partial charge in [0.25, 0.3) is 0 Å². The monoisotopic (exact) mass is 2170 g/mol. The number of hydrogen-bond donors (Lipinski definition) is 29. The van der Waals surface area contributed by atoms with Crippen molar-refractivity contribution in [2.45, 2.75) is 335 Å². The highest BCUT2D eigenvalue weighted by molar-refractivity contribution is 7.80. The molecule has 149 heavy (non-hydrogen) atoms. The van der Waals surface area contributed by atoms with Crippen LogP contribution in [0.2, 0.25) is 0 Å². The van der Waals surface area contributed by atoms with Crippen LogP contribution in [0.1, 0.15) is 201 Å². The number of aromatic nitrogens is 2. The second-order valence-corrected chi connectivity index (χ2v) is 39.2. The quantitative estimate of drug-likeness (QED) is 0.0213. The predicted octanol–water partition coefficient (Wildman–Crippen LogP) is -9.82. The molecule has 0 aromatic carbocycles. The number of carboxylic acid groups (broad SMARTS) is 3. The molecule has 0 aliphatic carbocycles. The number of carbonyl (C=O) groups excluding carboxylic acids is 19. The van der Waals surface area contributed by atoms with E-state index in [1.165, 1.54) is 39.0 Å². The van der Waals surface area contributed by atoms with Gasteiger partial charge in [-0.15, -0.1) is 0 Å². The first-order chi connectivity index (χ1) is 70.8. The molecule has 0 bridgehead atoms. The van der Waals surface area contributed by atoms with Crippen LogP contribution in [0.15, 0.2) is 12.5 Å². The van der Waals surface area contributed by atoms with Gasteiger partial charge in [-0.2, -0.15) is 37.9 Å². The molecule has 31 N–H and O–H groups in total. The summed E-state index contributed by atoms with van der Waals surface area (Å²) in [7, 11) is 0. The van der Waals surface area contributed by atoms with Crippen LogP contribution in [0.25, 0.3) is 0 Å². The highest BCUT2D eigenvalue weighted by atomic mass is 32.1. The van der Waals surface area contributed by atoms with Crippen molar-refractivity contribution < 1.29 is 136 Å². The molecule has 0 saturated carbocycles. The second-order valence-electron chi connectivity index (χ2n) is 38.1. The number of aliphatic hydroxyl groups excluding tert-OH is 3. The molecule has 6 rings (SSSR count). The fourth-order valence-electron chi connectivity index (χ4n) is 18.1. The first kappa shape index (κ1) is 126. The van der Waals surface area contributed by atoms with E-state index in [0.29, 0.717) is 57.9 Å². The van der Waals surface area contributed by atoms with Crippen LogP contribution in [0, 0.1) is 5.92 Å². The molecule has 0 radical (unpaired) electrons. The average Bonchev–Trinajstić information content (AvgIpc) is 1.73. The van der Waals surface area contributed by atoms with Crippen molar-refractivity contribution in [3.63, 3.8) is 0 Å². The maximum Gasteiger partial charge on any atom is 0.326 e. The van der Waals surface area contributed by atoms with E-state index in [2.05, 4.69) is 122 Å². The molecule has 5 fully saturated rings. The lowest BCUT2D eigenvalue weighted by molar-refractivity contribution is -0.149. The third-order valence-electron chi connectivity index (χ3n) is 26.4. The van der Waals surface area contributed by atoms with Gasteiger partial charge in [-0.25, -0.2) is 9.78 Å². The lowest BCUT2D eigenvalue weighted by Gasteiger charge is -2.34. The number of rotatable bonds is 64. The van der Waals surface area contributed by atoms with Crippen molar-refractivity contribution in [3.8, 4) is 0 Å². The van der Waals surface area contributed by atoms with Gasteiger partial charge in [0.2, 0.25) is 112 Å². The van der Waals surface area contributed by atoms with Crippen molar-refractivity contribution in [2.75, 3.05) is 82.8 Å². The molecule has 5 saturated heterocycles. The number of nitrogens with two attached hydrogens (primary N) is 5. The summed E-state index contributed by atoms with van der Waals surface area (Å²) in [5.74, 6) is -24.3. The van der Waals surface area contributed by atoms with E-state index in [0.717, 1.165) is 18.7 Å². The van der Waals surface area contributed by atoms with Crippen LogP contribution in [0.5, 0.6) is 0 Å². The highest BCUT2D eigenvalue weighted by Gasteiger charge is 2.49. The van der Waals surface area contributed by atoms with Crippen LogP contribution in [0.3, 0.4) is 0 Å². The summed E-state index contributed by atoms with van der Waals surface area (Å²) in [5, 5.41) is 97.0. The van der Waals surface area contributed by atoms with Crippen molar-refractivity contribution >= 4 is 168 Å². The Morgan fingerprint density at radius 1 is 0.369 bits per heavy atom. The molecule has 1 aromatic heterocycles. The summed E-state index contributed by atoms with van der Waals surface area (Å²) >= 11 is 12.9. The Kier molecular flexibility index (Phi) is 53.6. The Morgan fingerprint density at radius 2 is 0.711 bits per heavy atom. The molecule has 54 nitrogen and oxygen atoms in total. The van der Waals surface area contributed by atoms with Crippen LogP contribution in [-0.2, 0) is 112 Å². The van der Waals surface area contributed by atoms with Crippen molar-refractivity contribution in [3.05, 3.63) is 18.2 Å². The predicted molar refractivity (Wildman–Crippen MR) is 542 cm³/mol. The summed E-state index contributed by atoms with van der Waals surface area (Å²) in [5.41, 5.74) is 29.1. The number of aliphatic carboxylic acids is 3. The molecule has 836 valence electrons. The molecule has 0 unspecified atom stereocenters. The molecule has 5 aliphatic heterocycles. The van der Waals surface area contributed by atoms with Gasteiger partial charge in [-0.05, 0) is 194 Å². The average molecular weight is 2170 g/mol. The summed E-state index contributed by atoms with van der Waals surface area (Å²) in [6.45, 7) is 6.59. The minimum absolute atomic E-state index is 0.0160. The van der Waals surface area contributed by atoms with Crippen LogP contribution >= 0.6 is 37.9 Å². The normalized spacial score (nSPS) is 19.9. The Balaban J connectivity index is 1.09. The lowest BCUT2D eigenvalue weighted by atomic mass is 10.00. The maximum atomic E-state index is 14.7. The van der Waals surface area contributed by atoms with Crippen LogP contribution < -0.4 is 103 Å². The number of nitrogens with one attached hydrogen (secondary N) is 15. The summed E-state index contributed by atoms with van der Waals surface area (Å²) in [4.78, 5) is 319.